The third-order valence-electron chi connectivity index (χ3n) is 3.24. The summed E-state index contributed by atoms with van der Waals surface area (Å²) in [5, 5.41) is 0. The molecule has 0 radical (unpaired) electrons. The predicted octanol–water partition coefficient (Wildman–Crippen LogP) is 2.85. The van der Waals surface area contributed by atoms with Gasteiger partial charge in [-0.15, -0.1) is 0 Å². The van der Waals surface area contributed by atoms with E-state index in [1.165, 1.54) is 32.1 Å². The van der Waals surface area contributed by atoms with E-state index >= 15 is 0 Å². The monoisotopic (exact) mass is 199 g/mol. The van der Waals surface area contributed by atoms with E-state index in [2.05, 4.69) is 6.92 Å². The maximum atomic E-state index is 6.36. The molecule has 1 unspecified atom stereocenters. The van der Waals surface area contributed by atoms with E-state index in [9.17, 15) is 0 Å². The highest BCUT2D eigenvalue weighted by Gasteiger charge is 2.25. The Bertz CT molecular complexity index is 139. The Morgan fingerprint density at radius 2 is 2.00 bits per heavy atom. The van der Waals surface area contributed by atoms with Gasteiger partial charge in [-0.05, 0) is 25.7 Å². The topological polar surface area (TPSA) is 35.2 Å². The SMILES string of the molecule is CCCCCCC1(N)CCCOCC1. The molecule has 2 N–H and O–H groups in total. The summed E-state index contributed by atoms with van der Waals surface area (Å²) >= 11 is 0. The van der Waals surface area contributed by atoms with E-state index in [4.69, 9.17) is 10.5 Å². The van der Waals surface area contributed by atoms with Crippen LogP contribution in [0, 0.1) is 0 Å². The lowest BCUT2D eigenvalue weighted by atomic mass is 9.86. The number of ether oxygens (including phenoxy) is 1. The largest absolute Gasteiger partial charge is 0.381 e. The van der Waals surface area contributed by atoms with Gasteiger partial charge in [0.15, 0.2) is 0 Å². The van der Waals surface area contributed by atoms with Crippen LogP contribution >= 0.6 is 0 Å². The van der Waals surface area contributed by atoms with Crippen molar-refractivity contribution in [3.8, 4) is 0 Å². The van der Waals surface area contributed by atoms with Gasteiger partial charge in [0.25, 0.3) is 0 Å². The number of hydrogen-bond donors (Lipinski definition) is 1. The Labute approximate surface area is 88.2 Å². The van der Waals surface area contributed by atoms with E-state index < -0.39 is 0 Å². The fourth-order valence-electron chi connectivity index (χ4n) is 2.18. The van der Waals surface area contributed by atoms with Crippen LogP contribution < -0.4 is 5.73 Å². The van der Waals surface area contributed by atoms with Crippen molar-refractivity contribution in [2.75, 3.05) is 13.2 Å². The lowest BCUT2D eigenvalue weighted by Gasteiger charge is -2.27. The van der Waals surface area contributed by atoms with Crippen LogP contribution in [0.2, 0.25) is 0 Å². The van der Waals surface area contributed by atoms with Crippen molar-refractivity contribution in [3.05, 3.63) is 0 Å². The smallest absolute Gasteiger partial charge is 0.0483 e. The van der Waals surface area contributed by atoms with E-state index in [-0.39, 0.29) is 5.54 Å². The van der Waals surface area contributed by atoms with Crippen molar-refractivity contribution >= 4 is 0 Å². The molecule has 0 aliphatic carbocycles. The highest BCUT2D eigenvalue weighted by atomic mass is 16.5. The Hall–Kier alpha value is -0.0800. The molecule has 2 heteroatoms. The third-order valence-corrected chi connectivity index (χ3v) is 3.24. The zero-order valence-corrected chi connectivity index (χ0v) is 9.56. The first-order valence-corrected chi connectivity index (χ1v) is 6.13. The van der Waals surface area contributed by atoms with Crippen molar-refractivity contribution in [1.29, 1.82) is 0 Å². The highest BCUT2D eigenvalue weighted by molar-refractivity contribution is 4.85. The van der Waals surface area contributed by atoms with Crippen LogP contribution in [0.3, 0.4) is 0 Å². The summed E-state index contributed by atoms with van der Waals surface area (Å²) < 4.78 is 5.44. The summed E-state index contributed by atoms with van der Waals surface area (Å²) in [5.41, 5.74) is 6.45. The molecular formula is C12H25NO. The molecule has 0 aromatic heterocycles. The van der Waals surface area contributed by atoms with E-state index in [1.54, 1.807) is 0 Å². The molecular weight excluding hydrogens is 174 g/mol. The average Bonchev–Trinajstić information content (AvgIpc) is 2.39. The zero-order chi connectivity index (χ0) is 10.3. The number of unbranched alkanes of at least 4 members (excludes halogenated alkanes) is 3. The van der Waals surface area contributed by atoms with E-state index in [0.29, 0.717) is 0 Å². The first kappa shape index (κ1) is 12.0. The van der Waals surface area contributed by atoms with Gasteiger partial charge in [-0.2, -0.15) is 0 Å². The molecule has 0 bridgehead atoms. The fourth-order valence-corrected chi connectivity index (χ4v) is 2.18. The molecule has 14 heavy (non-hydrogen) atoms. The van der Waals surface area contributed by atoms with Gasteiger partial charge in [0, 0.05) is 18.8 Å². The Morgan fingerprint density at radius 3 is 2.79 bits per heavy atom. The van der Waals surface area contributed by atoms with Crippen LogP contribution in [0.4, 0.5) is 0 Å². The minimum absolute atomic E-state index is 0.0875. The predicted molar refractivity (Wildman–Crippen MR) is 60.3 cm³/mol. The van der Waals surface area contributed by atoms with E-state index in [0.717, 1.165) is 32.5 Å². The van der Waals surface area contributed by atoms with Gasteiger partial charge in [0.1, 0.15) is 0 Å². The zero-order valence-electron chi connectivity index (χ0n) is 9.56. The van der Waals surface area contributed by atoms with Crippen LogP contribution in [-0.4, -0.2) is 18.8 Å². The third kappa shape index (κ3) is 4.43. The van der Waals surface area contributed by atoms with Gasteiger partial charge in [0.2, 0.25) is 0 Å². The first-order chi connectivity index (χ1) is 6.77. The van der Waals surface area contributed by atoms with Gasteiger partial charge in [0.05, 0.1) is 0 Å². The van der Waals surface area contributed by atoms with Crippen LogP contribution in [0.15, 0.2) is 0 Å². The van der Waals surface area contributed by atoms with Crippen LogP contribution in [0.25, 0.3) is 0 Å². The molecule has 0 aromatic carbocycles. The molecule has 1 saturated heterocycles. The van der Waals surface area contributed by atoms with Crippen LogP contribution in [0.5, 0.6) is 0 Å². The van der Waals surface area contributed by atoms with Crippen molar-refractivity contribution in [2.45, 2.75) is 63.8 Å². The van der Waals surface area contributed by atoms with Crippen molar-refractivity contribution in [1.82, 2.24) is 0 Å². The van der Waals surface area contributed by atoms with Gasteiger partial charge in [-0.3, -0.25) is 0 Å². The maximum Gasteiger partial charge on any atom is 0.0483 e. The Kier molecular flexibility index (Phi) is 5.49. The molecule has 0 aromatic rings. The second kappa shape index (κ2) is 6.41. The second-order valence-corrected chi connectivity index (χ2v) is 4.64. The minimum Gasteiger partial charge on any atom is -0.381 e. The summed E-state index contributed by atoms with van der Waals surface area (Å²) in [6.45, 7) is 4.02. The molecule has 1 aliphatic heterocycles. The number of rotatable bonds is 5. The van der Waals surface area contributed by atoms with Gasteiger partial charge in [-0.25, -0.2) is 0 Å². The molecule has 84 valence electrons. The highest BCUT2D eigenvalue weighted by Crippen LogP contribution is 2.24. The lowest BCUT2D eigenvalue weighted by molar-refractivity contribution is 0.138. The van der Waals surface area contributed by atoms with Crippen molar-refractivity contribution in [2.24, 2.45) is 5.73 Å². The van der Waals surface area contributed by atoms with Crippen molar-refractivity contribution < 1.29 is 4.74 Å². The molecule has 0 amide bonds. The summed E-state index contributed by atoms with van der Waals surface area (Å²) in [6, 6.07) is 0. The molecule has 1 aliphatic rings. The number of nitrogens with two attached hydrogens (primary N) is 1. The quantitative estimate of drug-likeness (QED) is 0.691. The molecule has 1 rings (SSSR count). The fraction of sp³-hybridized carbons (Fsp3) is 1.00. The summed E-state index contributed by atoms with van der Waals surface area (Å²) in [4.78, 5) is 0. The summed E-state index contributed by atoms with van der Waals surface area (Å²) in [6.07, 6.45) is 9.84. The van der Waals surface area contributed by atoms with Crippen molar-refractivity contribution in [3.63, 3.8) is 0 Å². The molecule has 1 heterocycles. The molecule has 0 saturated carbocycles. The average molecular weight is 199 g/mol. The molecule has 1 atom stereocenters. The molecule has 2 nitrogen and oxygen atoms in total. The Balaban J connectivity index is 2.17. The standard InChI is InChI=1S/C12H25NO/c1-2-3-4-5-7-12(13)8-6-10-14-11-9-12/h2-11,13H2,1H3. The maximum absolute atomic E-state index is 6.36. The van der Waals surface area contributed by atoms with E-state index in [1.807, 2.05) is 0 Å². The van der Waals surface area contributed by atoms with Crippen LogP contribution in [-0.2, 0) is 4.74 Å². The Morgan fingerprint density at radius 1 is 1.14 bits per heavy atom. The number of hydrogen-bond acceptors (Lipinski definition) is 2. The van der Waals surface area contributed by atoms with Gasteiger partial charge >= 0.3 is 0 Å². The summed E-state index contributed by atoms with van der Waals surface area (Å²) in [7, 11) is 0. The van der Waals surface area contributed by atoms with Crippen LogP contribution in [0.1, 0.15) is 58.3 Å². The first-order valence-electron chi connectivity index (χ1n) is 6.13. The lowest BCUT2D eigenvalue weighted by Crippen LogP contribution is -2.39. The normalized spacial score (nSPS) is 28.7. The molecule has 1 fully saturated rings. The van der Waals surface area contributed by atoms with Gasteiger partial charge in [-0.1, -0.05) is 32.6 Å². The minimum atomic E-state index is 0.0875. The molecule has 0 spiro atoms. The van der Waals surface area contributed by atoms with Gasteiger partial charge < -0.3 is 10.5 Å². The second-order valence-electron chi connectivity index (χ2n) is 4.64. The summed E-state index contributed by atoms with van der Waals surface area (Å²) in [5.74, 6) is 0.